The summed E-state index contributed by atoms with van der Waals surface area (Å²) in [6.45, 7) is 6.96. The van der Waals surface area contributed by atoms with Crippen LogP contribution in [0.1, 0.15) is 20.3 Å². The molecule has 0 aliphatic heterocycles. The lowest BCUT2D eigenvalue weighted by molar-refractivity contribution is -0.116. The number of ketones is 1. The number of Topliss-reactive ketones (excluding diaryl/α,β-unsaturated/α-hetero) is 1. The standard InChI is InChI=1S/C11H15IO2/c1-4-6-7-10(5-2)8-11(12-14)9(3)13/h4-7,11H,1,8H2,2-3H3/b7-6-,10-5+/t11-/m0/s1. The highest BCUT2D eigenvalue weighted by Crippen LogP contribution is 2.19. The molecule has 0 aliphatic carbocycles. The van der Waals surface area contributed by atoms with E-state index in [1.54, 1.807) is 6.08 Å². The van der Waals surface area contributed by atoms with Gasteiger partial charge >= 0.3 is 0 Å². The smallest absolute Gasteiger partial charge is 0.156 e. The molecule has 0 unspecified atom stereocenters. The molecule has 14 heavy (non-hydrogen) atoms. The van der Waals surface area contributed by atoms with Gasteiger partial charge in [0.2, 0.25) is 0 Å². The number of halogens is 1. The van der Waals surface area contributed by atoms with Gasteiger partial charge in [0.15, 0.2) is 21.2 Å². The monoisotopic (exact) mass is 306 g/mol. The molecule has 0 heterocycles. The van der Waals surface area contributed by atoms with Gasteiger partial charge in [0.05, 0.1) is 0 Å². The highest BCUT2D eigenvalue weighted by atomic mass is 127. The Morgan fingerprint density at radius 3 is 2.57 bits per heavy atom. The molecule has 0 radical (unpaired) electrons. The fourth-order valence-corrected chi connectivity index (χ4v) is 1.97. The molecule has 2 nitrogen and oxygen atoms in total. The maximum atomic E-state index is 11.1. The van der Waals surface area contributed by atoms with Crippen LogP contribution < -0.4 is 0 Å². The Kier molecular flexibility index (Phi) is 7.47. The predicted molar refractivity (Wildman–Crippen MR) is 66.9 cm³/mol. The van der Waals surface area contributed by atoms with Gasteiger partial charge in [-0.25, -0.2) is 0 Å². The van der Waals surface area contributed by atoms with E-state index >= 15 is 0 Å². The zero-order valence-electron chi connectivity index (χ0n) is 8.50. The summed E-state index contributed by atoms with van der Waals surface area (Å²) in [5.74, 6) is 0.0131. The van der Waals surface area contributed by atoms with Crippen molar-refractivity contribution in [1.29, 1.82) is 0 Å². The molecule has 0 aromatic rings. The molecule has 78 valence electrons. The largest absolute Gasteiger partial charge is 0.299 e. The van der Waals surface area contributed by atoms with Gasteiger partial charge in [-0.1, -0.05) is 36.5 Å². The van der Waals surface area contributed by atoms with Gasteiger partial charge in [-0.05, 0) is 20.3 Å². The fourth-order valence-electron chi connectivity index (χ4n) is 0.919. The van der Waals surface area contributed by atoms with E-state index in [2.05, 4.69) is 6.58 Å². The lowest BCUT2D eigenvalue weighted by atomic mass is 10.1. The topological polar surface area (TPSA) is 34.1 Å². The second kappa shape index (κ2) is 7.79. The van der Waals surface area contributed by atoms with E-state index in [9.17, 15) is 7.86 Å². The summed E-state index contributed by atoms with van der Waals surface area (Å²) >= 11 is -1.25. The molecular formula is C11H15IO2. The van der Waals surface area contributed by atoms with Crippen molar-refractivity contribution in [3.8, 4) is 0 Å². The zero-order chi connectivity index (χ0) is 11.0. The van der Waals surface area contributed by atoms with Crippen LogP contribution in [0.4, 0.5) is 0 Å². The number of allylic oxidation sites excluding steroid dienone is 5. The first-order valence-corrected chi connectivity index (χ1v) is 6.48. The molecule has 0 bridgehead atoms. The first kappa shape index (κ1) is 13.4. The second-order valence-electron chi connectivity index (χ2n) is 2.83. The van der Waals surface area contributed by atoms with Crippen LogP contribution in [-0.4, -0.2) is 9.71 Å². The number of carbonyl (C=O) groups is 1. The van der Waals surface area contributed by atoms with E-state index in [1.807, 2.05) is 25.2 Å². The van der Waals surface area contributed by atoms with Crippen LogP contribution in [0.2, 0.25) is 0 Å². The number of carbonyl (C=O) groups excluding carboxylic acids is 1. The van der Waals surface area contributed by atoms with Gasteiger partial charge in [-0.3, -0.25) is 7.86 Å². The molecule has 0 aliphatic rings. The van der Waals surface area contributed by atoms with Gasteiger partial charge in [-0.15, -0.1) is 0 Å². The first-order valence-electron chi connectivity index (χ1n) is 4.36. The molecule has 0 aromatic carbocycles. The lowest BCUT2D eigenvalue weighted by Crippen LogP contribution is -2.10. The van der Waals surface area contributed by atoms with Gasteiger partial charge in [-0.2, -0.15) is 0 Å². The van der Waals surface area contributed by atoms with Crippen molar-refractivity contribution in [3.05, 3.63) is 36.5 Å². The third kappa shape index (κ3) is 5.21. The molecule has 0 rings (SSSR count). The first-order chi connectivity index (χ1) is 6.65. The third-order valence-electron chi connectivity index (χ3n) is 1.78. The summed E-state index contributed by atoms with van der Waals surface area (Å²) < 4.78 is 10.5. The van der Waals surface area contributed by atoms with Crippen LogP contribution >= 0.6 is 21.2 Å². The van der Waals surface area contributed by atoms with E-state index < -0.39 is 21.2 Å². The van der Waals surface area contributed by atoms with Crippen molar-refractivity contribution >= 4 is 27.0 Å². The van der Waals surface area contributed by atoms with E-state index in [-0.39, 0.29) is 9.71 Å². The van der Waals surface area contributed by atoms with Crippen LogP contribution in [0.5, 0.6) is 0 Å². The highest BCUT2D eigenvalue weighted by Gasteiger charge is 2.14. The maximum Gasteiger partial charge on any atom is 0.156 e. The third-order valence-corrected chi connectivity index (χ3v) is 3.71. The Labute approximate surface area is 95.4 Å². The summed E-state index contributed by atoms with van der Waals surface area (Å²) in [7, 11) is 0. The van der Waals surface area contributed by atoms with E-state index in [4.69, 9.17) is 0 Å². The summed E-state index contributed by atoms with van der Waals surface area (Å²) in [6, 6.07) is 0. The van der Waals surface area contributed by atoms with Crippen LogP contribution in [0, 0.1) is 0 Å². The fraction of sp³-hybridized carbons (Fsp3) is 0.364. The molecule has 0 N–H and O–H groups in total. The van der Waals surface area contributed by atoms with E-state index in [0.717, 1.165) is 5.57 Å². The molecular weight excluding hydrogens is 291 g/mol. The minimum Gasteiger partial charge on any atom is -0.299 e. The van der Waals surface area contributed by atoms with Crippen molar-refractivity contribution in [2.24, 2.45) is 0 Å². The van der Waals surface area contributed by atoms with Gasteiger partial charge in [0.1, 0.15) is 9.71 Å². The van der Waals surface area contributed by atoms with Crippen LogP contribution in [0.3, 0.4) is 0 Å². The van der Waals surface area contributed by atoms with Crippen LogP contribution in [0.25, 0.3) is 0 Å². The number of rotatable bonds is 6. The summed E-state index contributed by atoms with van der Waals surface area (Å²) in [6.07, 6.45) is 7.89. The zero-order valence-corrected chi connectivity index (χ0v) is 10.7. The molecule has 0 fully saturated rings. The van der Waals surface area contributed by atoms with Crippen LogP contribution in [0.15, 0.2) is 36.5 Å². The minimum atomic E-state index is -1.25. The molecule has 3 heteroatoms. The van der Waals surface area contributed by atoms with Crippen molar-refractivity contribution in [2.75, 3.05) is 0 Å². The minimum absolute atomic E-state index is 0.0131. The normalized spacial score (nSPS) is 14.3. The molecule has 0 amide bonds. The number of hydrogen-bond donors (Lipinski definition) is 0. The van der Waals surface area contributed by atoms with Gasteiger partial charge in [0, 0.05) is 0 Å². The molecule has 0 saturated carbocycles. The van der Waals surface area contributed by atoms with Gasteiger partial charge in [0.25, 0.3) is 0 Å². The quantitative estimate of drug-likeness (QED) is 0.428. The average Bonchev–Trinajstić information content (AvgIpc) is 2.18. The Morgan fingerprint density at radius 1 is 1.57 bits per heavy atom. The molecule has 1 atom stereocenters. The van der Waals surface area contributed by atoms with Crippen molar-refractivity contribution in [2.45, 2.75) is 24.2 Å². The Hall–Kier alpha value is -0.580. The summed E-state index contributed by atoms with van der Waals surface area (Å²) in [4.78, 5) is 11.1. The maximum absolute atomic E-state index is 11.1. The predicted octanol–water partition coefficient (Wildman–Crippen LogP) is 3.34. The van der Waals surface area contributed by atoms with Gasteiger partial charge < -0.3 is 0 Å². The highest BCUT2D eigenvalue weighted by molar-refractivity contribution is 14.1. The van der Waals surface area contributed by atoms with E-state index in [0.29, 0.717) is 6.42 Å². The van der Waals surface area contributed by atoms with Crippen LogP contribution in [-0.2, 0) is 7.86 Å². The summed E-state index contributed by atoms with van der Waals surface area (Å²) in [5.41, 5.74) is 1.03. The van der Waals surface area contributed by atoms with Crippen molar-refractivity contribution in [3.63, 3.8) is 0 Å². The SMILES string of the molecule is C=C/C=C\C(=C/C)C[C@H](I=O)C(C)=O. The second-order valence-corrected chi connectivity index (χ2v) is 4.84. The van der Waals surface area contributed by atoms with E-state index in [1.165, 1.54) is 6.92 Å². The molecule has 0 saturated heterocycles. The summed E-state index contributed by atoms with van der Waals surface area (Å²) in [5, 5.41) is 0. The number of alkyl halides is 1. The number of hydrogen-bond acceptors (Lipinski definition) is 2. The lowest BCUT2D eigenvalue weighted by Gasteiger charge is -2.05. The molecule has 0 aromatic heterocycles. The van der Waals surface area contributed by atoms with Crippen molar-refractivity contribution in [1.82, 2.24) is 0 Å². The average molecular weight is 306 g/mol. The van der Waals surface area contributed by atoms with Crippen molar-refractivity contribution < 1.29 is 7.86 Å². The Balaban J connectivity index is 4.44. The Bertz CT molecular complexity index is 277. The molecule has 0 spiro atoms. The Morgan fingerprint density at radius 2 is 2.21 bits per heavy atom.